The summed E-state index contributed by atoms with van der Waals surface area (Å²) >= 11 is 0. The van der Waals surface area contributed by atoms with Gasteiger partial charge in [-0.2, -0.15) is 0 Å². The molecule has 1 aliphatic rings. The lowest BCUT2D eigenvalue weighted by molar-refractivity contribution is 0.639. The van der Waals surface area contributed by atoms with Gasteiger partial charge in [-0.3, -0.25) is 4.99 Å². The van der Waals surface area contributed by atoms with E-state index in [-0.39, 0.29) is 29.4 Å². The average molecular weight is 440 g/mol. The highest BCUT2D eigenvalue weighted by molar-refractivity contribution is 14.0. The van der Waals surface area contributed by atoms with Gasteiger partial charge in [-0.15, -0.1) is 34.2 Å². The van der Waals surface area contributed by atoms with Crippen LogP contribution >= 0.6 is 24.0 Å². The van der Waals surface area contributed by atoms with Crippen molar-refractivity contribution < 1.29 is 0 Å². The maximum atomic E-state index is 4.30. The number of benzene rings is 1. The minimum absolute atomic E-state index is 0. The second-order valence-electron chi connectivity index (χ2n) is 6.15. The van der Waals surface area contributed by atoms with Gasteiger partial charge >= 0.3 is 0 Å². The summed E-state index contributed by atoms with van der Waals surface area (Å²) in [5.74, 6) is 2.60. The van der Waals surface area contributed by atoms with E-state index in [4.69, 9.17) is 0 Å². The Hall–Kier alpha value is -1.64. The quantitative estimate of drug-likeness (QED) is 0.425. The molecule has 2 aromatic rings. The van der Waals surface area contributed by atoms with Crippen molar-refractivity contribution >= 4 is 29.9 Å². The van der Waals surface area contributed by atoms with Crippen LogP contribution in [0.25, 0.3) is 0 Å². The molecule has 7 heteroatoms. The van der Waals surface area contributed by atoms with Gasteiger partial charge in [-0.05, 0) is 25.3 Å². The van der Waals surface area contributed by atoms with E-state index in [2.05, 4.69) is 56.2 Å². The number of hydrogen-bond acceptors (Lipinski definition) is 3. The Kier molecular flexibility index (Phi) is 6.20. The van der Waals surface area contributed by atoms with Gasteiger partial charge in [0.25, 0.3) is 0 Å². The number of nitrogens with one attached hydrogen (secondary N) is 2. The smallest absolute Gasteiger partial charge is 0.191 e. The van der Waals surface area contributed by atoms with Crippen LogP contribution < -0.4 is 10.6 Å². The van der Waals surface area contributed by atoms with Crippen LogP contribution in [0.4, 0.5) is 0 Å². The Bertz CT molecular complexity index is 690. The molecule has 0 atom stereocenters. The zero-order chi connectivity index (χ0) is 16.3. The van der Waals surface area contributed by atoms with E-state index in [0.717, 1.165) is 24.2 Å². The summed E-state index contributed by atoms with van der Waals surface area (Å²) < 4.78 is 1.98. The lowest BCUT2D eigenvalue weighted by Gasteiger charge is -2.19. The molecule has 130 valence electrons. The van der Waals surface area contributed by atoms with E-state index < -0.39 is 0 Å². The van der Waals surface area contributed by atoms with Crippen molar-refractivity contribution in [2.45, 2.75) is 31.7 Å². The number of hydrogen-bond donors (Lipinski definition) is 2. The van der Waals surface area contributed by atoms with Crippen LogP contribution in [0.2, 0.25) is 0 Å². The Morgan fingerprint density at radius 3 is 2.46 bits per heavy atom. The Morgan fingerprint density at radius 2 is 1.92 bits per heavy atom. The van der Waals surface area contributed by atoms with Gasteiger partial charge in [0.05, 0.1) is 6.54 Å². The molecule has 1 aromatic heterocycles. The molecule has 3 rings (SSSR count). The third-order valence-corrected chi connectivity index (χ3v) is 4.65. The predicted molar refractivity (Wildman–Crippen MR) is 107 cm³/mol. The average Bonchev–Trinajstić information content (AvgIpc) is 3.32. The van der Waals surface area contributed by atoms with Gasteiger partial charge in [0.15, 0.2) is 11.8 Å². The molecule has 0 bridgehead atoms. The Morgan fingerprint density at radius 1 is 1.21 bits per heavy atom. The first-order valence-corrected chi connectivity index (χ1v) is 7.99. The highest BCUT2D eigenvalue weighted by Gasteiger charge is 2.43. The number of aliphatic imine (C=N–C) groups is 1. The first-order valence-electron chi connectivity index (χ1n) is 7.99. The van der Waals surface area contributed by atoms with Crippen LogP contribution in [0.5, 0.6) is 0 Å². The minimum Gasteiger partial charge on any atom is -0.356 e. The van der Waals surface area contributed by atoms with Crippen LogP contribution in [0.15, 0.2) is 35.3 Å². The largest absolute Gasteiger partial charge is 0.356 e. The van der Waals surface area contributed by atoms with Gasteiger partial charge in [0.1, 0.15) is 5.82 Å². The molecule has 0 spiro atoms. The Balaban J connectivity index is 0.00000208. The van der Waals surface area contributed by atoms with Gasteiger partial charge < -0.3 is 15.2 Å². The lowest BCUT2D eigenvalue weighted by Crippen LogP contribution is -2.41. The van der Waals surface area contributed by atoms with Crippen LogP contribution in [0.3, 0.4) is 0 Å². The molecule has 2 N–H and O–H groups in total. The van der Waals surface area contributed by atoms with E-state index in [9.17, 15) is 0 Å². The van der Waals surface area contributed by atoms with Crippen LogP contribution in [-0.2, 0) is 19.0 Å². The third-order valence-electron chi connectivity index (χ3n) is 4.65. The molecule has 0 aliphatic heterocycles. The number of guanidine groups is 1. The highest BCUT2D eigenvalue weighted by Crippen LogP contribution is 2.47. The molecule has 1 aromatic carbocycles. The molecule has 1 aliphatic carbocycles. The van der Waals surface area contributed by atoms with Gasteiger partial charge in [-0.25, -0.2) is 0 Å². The van der Waals surface area contributed by atoms with Crippen molar-refractivity contribution in [2.75, 3.05) is 13.6 Å². The van der Waals surface area contributed by atoms with Crippen molar-refractivity contribution in [3.05, 3.63) is 47.5 Å². The highest BCUT2D eigenvalue weighted by atomic mass is 127. The first-order chi connectivity index (χ1) is 11.1. The van der Waals surface area contributed by atoms with E-state index in [1.54, 1.807) is 7.05 Å². The number of rotatable bonds is 5. The van der Waals surface area contributed by atoms with E-state index in [0.29, 0.717) is 6.54 Å². The van der Waals surface area contributed by atoms with Crippen LogP contribution in [-0.4, -0.2) is 34.3 Å². The molecule has 0 amide bonds. The molecule has 6 nitrogen and oxygen atoms in total. The molecule has 1 heterocycles. The van der Waals surface area contributed by atoms with Crippen molar-refractivity contribution in [3.8, 4) is 0 Å². The molecule has 1 saturated carbocycles. The predicted octanol–water partition coefficient (Wildman–Crippen LogP) is 2.14. The lowest BCUT2D eigenvalue weighted by atomic mass is 9.96. The van der Waals surface area contributed by atoms with Gasteiger partial charge in [-0.1, -0.05) is 30.3 Å². The topological polar surface area (TPSA) is 67.1 Å². The van der Waals surface area contributed by atoms with E-state index in [1.807, 2.05) is 18.5 Å². The fraction of sp³-hybridized carbons (Fsp3) is 0.471. The molecule has 1 fully saturated rings. The normalized spacial score (nSPS) is 15.5. The summed E-state index contributed by atoms with van der Waals surface area (Å²) in [5, 5.41) is 15.0. The van der Waals surface area contributed by atoms with Gasteiger partial charge in [0, 0.05) is 26.1 Å². The van der Waals surface area contributed by atoms with Crippen LogP contribution in [0.1, 0.15) is 30.1 Å². The minimum atomic E-state index is 0. The SMILES string of the molecule is CN=C(NCc1nnc(C)n1C)NCC1(c2ccccc2)CC1.I. The summed E-state index contributed by atoms with van der Waals surface area (Å²) in [5.41, 5.74) is 1.67. The van der Waals surface area contributed by atoms with Crippen molar-refractivity contribution in [2.24, 2.45) is 12.0 Å². The molecular formula is C17H25IN6. The fourth-order valence-electron chi connectivity index (χ4n) is 2.75. The zero-order valence-electron chi connectivity index (χ0n) is 14.4. The van der Waals surface area contributed by atoms with Crippen molar-refractivity contribution in [1.82, 2.24) is 25.4 Å². The standard InChI is InChI=1S/C17H24N6.HI/c1-13-21-22-15(23(13)3)11-19-16(18-2)20-12-17(9-10-17)14-7-5-4-6-8-14;/h4-8H,9-12H2,1-3H3,(H2,18,19,20);1H. The summed E-state index contributed by atoms with van der Waals surface area (Å²) in [6.45, 7) is 3.45. The number of halogens is 1. The molecule has 0 saturated heterocycles. The van der Waals surface area contributed by atoms with Crippen molar-refractivity contribution in [3.63, 3.8) is 0 Å². The van der Waals surface area contributed by atoms with Crippen molar-refractivity contribution in [1.29, 1.82) is 0 Å². The maximum absolute atomic E-state index is 4.30. The summed E-state index contributed by atoms with van der Waals surface area (Å²) in [6.07, 6.45) is 2.45. The van der Waals surface area contributed by atoms with E-state index in [1.165, 1.54) is 18.4 Å². The molecule has 0 unspecified atom stereocenters. The summed E-state index contributed by atoms with van der Waals surface area (Å²) in [4.78, 5) is 4.30. The number of aromatic nitrogens is 3. The first kappa shape index (κ1) is 18.7. The number of aryl methyl sites for hydroxylation is 1. The summed E-state index contributed by atoms with van der Waals surface area (Å²) in [6, 6.07) is 10.7. The fourth-order valence-corrected chi connectivity index (χ4v) is 2.75. The second-order valence-corrected chi connectivity index (χ2v) is 6.15. The summed E-state index contributed by atoms with van der Waals surface area (Å²) in [7, 11) is 3.76. The maximum Gasteiger partial charge on any atom is 0.191 e. The third kappa shape index (κ3) is 4.06. The van der Waals surface area contributed by atoms with E-state index >= 15 is 0 Å². The number of nitrogens with zero attached hydrogens (tertiary/aromatic N) is 4. The van der Waals surface area contributed by atoms with Gasteiger partial charge in [0.2, 0.25) is 0 Å². The Labute approximate surface area is 160 Å². The monoisotopic (exact) mass is 440 g/mol. The molecule has 24 heavy (non-hydrogen) atoms. The zero-order valence-corrected chi connectivity index (χ0v) is 16.7. The van der Waals surface area contributed by atoms with Crippen LogP contribution in [0, 0.1) is 6.92 Å². The molecular weight excluding hydrogens is 415 g/mol. The second kappa shape index (κ2) is 7.96. The molecule has 0 radical (unpaired) electrons.